The van der Waals surface area contributed by atoms with E-state index in [-0.39, 0.29) is 29.3 Å². The SMILES string of the molecule is CC1(C(=O)N2CCC(N)C(C)(C)C2)CCCc2ccccc21.Cl. The molecule has 0 saturated carbocycles. The number of piperidine rings is 1. The van der Waals surface area contributed by atoms with Crippen LogP contribution in [-0.4, -0.2) is 29.9 Å². The summed E-state index contributed by atoms with van der Waals surface area (Å²) in [5.74, 6) is 0.291. The number of nitrogens with two attached hydrogens (primary N) is 1. The van der Waals surface area contributed by atoms with Gasteiger partial charge in [0.05, 0.1) is 5.41 Å². The summed E-state index contributed by atoms with van der Waals surface area (Å²) in [4.78, 5) is 15.4. The fourth-order valence-corrected chi connectivity index (χ4v) is 4.16. The predicted molar refractivity (Wildman–Crippen MR) is 96.9 cm³/mol. The van der Waals surface area contributed by atoms with Crippen LogP contribution in [0.1, 0.15) is 51.2 Å². The first-order valence-corrected chi connectivity index (χ1v) is 8.48. The molecule has 3 rings (SSSR count). The Bertz CT molecular complexity index is 586. The molecule has 2 unspecified atom stereocenters. The van der Waals surface area contributed by atoms with Gasteiger partial charge >= 0.3 is 0 Å². The molecule has 2 N–H and O–H groups in total. The lowest BCUT2D eigenvalue weighted by atomic mass is 9.69. The number of likely N-dealkylation sites (tertiary alicyclic amines) is 1. The van der Waals surface area contributed by atoms with Crippen molar-refractivity contribution in [1.29, 1.82) is 0 Å². The molecule has 1 amide bonds. The maximum absolute atomic E-state index is 13.3. The van der Waals surface area contributed by atoms with Gasteiger partial charge in [0.15, 0.2) is 0 Å². The van der Waals surface area contributed by atoms with Crippen LogP contribution in [0.25, 0.3) is 0 Å². The lowest BCUT2D eigenvalue weighted by Crippen LogP contribution is -2.57. The molecule has 1 fully saturated rings. The van der Waals surface area contributed by atoms with Gasteiger partial charge in [0.1, 0.15) is 0 Å². The lowest BCUT2D eigenvalue weighted by Gasteiger charge is -2.46. The van der Waals surface area contributed by atoms with Crippen LogP contribution in [0.5, 0.6) is 0 Å². The number of fused-ring (bicyclic) bond motifs is 1. The van der Waals surface area contributed by atoms with Crippen molar-refractivity contribution in [2.75, 3.05) is 13.1 Å². The molecule has 1 saturated heterocycles. The van der Waals surface area contributed by atoms with Crippen LogP contribution in [0, 0.1) is 5.41 Å². The Morgan fingerprint density at radius 2 is 1.96 bits per heavy atom. The molecule has 0 spiro atoms. The molecular formula is C19H29ClN2O. The van der Waals surface area contributed by atoms with E-state index in [0.29, 0.717) is 5.91 Å². The Hall–Kier alpha value is -1.06. The molecule has 2 aliphatic rings. The number of halogens is 1. The Morgan fingerprint density at radius 1 is 1.26 bits per heavy atom. The number of carbonyl (C=O) groups excluding carboxylic acids is 1. The van der Waals surface area contributed by atoms with Crippen LogP contribution in [0.4, 0.5) is 0 Å². The zero-order valence-corrected chi connectivity index (χ0v) is 15.3. The number of hydrogen-bond donors (Lipinski definition) is 1. The average Bonchev–Trinajstić information content (AvgIpc) is 2.50. The number of benzene rings is 1. The zero-order valence-electron chi connectivity index (χ0n) is 14.5. The summed E-state index contributed by atoms with van der Waals surface area (Å²) >= 11 is 0. The third-order valence-electron chi connectivity index (χ3n) is 5.81. The van der Waals surface area contributed by atoms with E-state index in [1.165, 1.54) is 11.1 Å². The standard InChI is InChI=1S/C19H28N2O.ClH/c1-18(2)13-21(12-10-16(18)20)17(22)19(3)11-6-8-14-7-4-5-9-15(14)19;/h4-5,7,9,16H,6,8,10-13,20H2,1-3H3;1H. The summed E-state index contributed by atoms with van der Waals surface area (Å²) in [5.41, 5.74) is 8.43. The first-order chi connectivity index (χ1) is 10.3. The second-order valence-electron chi connectivity index (χ2n) is 7.95. The Morgan fingerprint density at radius 3 is 2.65 bits per heavy atom. The molecule has 0 bridgehead atoms. The number of hydrogen-bond acceptors (Lipinski definition) is 2. The fourth-order valence-electron chi connectivity index (χ4n) is 4.16. The zero-order chi connectivity index (χ0) is 16.0. The molecule has 2 atom stereocenters. The summed E-state index contributed by atoms with van der Waals surface area (Å²) in [6.07, 6.45) is 4.04. The van der Waals surface area contributed by atoms with Gasteiger partial charge in [-0.25, -0.2) is 0 Å². The lowest BCUT2D eigenvalue weighted by molar-refractivity contribution is -0.141. The monoisotopic (exact) mass is 336 g/mol. The second kappa shape index (κ2) is 6.45. The van der Waals surface area contributed by atoms with Crippen LogP contribution in [0.2, 0.25) is 0 Å². The van der Waals surface area contributed by atoms with E-state index in [9.17, 15) is 4.79 Å². The summed E-state index contributed by atoms with van der Waals surface area (Å²) in [7, 11) is 0. The minimum Gasteiger partial charge on any atom is -0.341 e. The van der Waals surface area contributed by atoms with Gasteiger partial charge in [0.25, 0.3) is 0 Å². The minimum atomic E-state index is -0.369. The van der Waals surface area contributed by atoms with Gasteiger partial charge < -0.3 is 10.6 Å². The first-order valence-electron chi connectivity index (χ1n) is 8.48. The van der Waals surface area contributed by atoms with Gasteiger partial charge in [-0.05, 0) is 49.1 Å². The van der Waals surface area contributed by atoms with E-state index in [1.807, 2.05) is 0 Å². The molecule has 128 valence electrons. The second-order valence-corrected chi connectivity index (χ2v) is 7.95. The highest BCUT2D eigenvalue weighted by Crippen LogP contribution is 2.40. The largest absolute Gasteiger partial charge is 0.341 e. The molecule has 1 aliphatic heterocycles. The molecule has 1 aliphatic carbocycles. The van der Waals surface area contributed by atoms with Gasteiger partial charge in [0.2, 0.25) is 5.91 Å². The van der Waals surface area contributed by atoms with Gasteiger partial charge in [-0.3, -0.25) is 4.79 Å². The highest BCUT2D eigenvalue weighted by Gasteiger charge is 2.44. The maximum atomic E-state index is 13.3. The third kappa shape index (κ3) is 3.14. The molecule has 23 heavy (non-hydrogen) atoms. The highest BCUT2D eigenvalue weighted by atomic mass is 35.5. The van der Waals surface area contributed by atoms with E-state index in [1.54, 1.807) is 0 Å². The van der Waals surface area contributed by atoms with E-state index in [4.69, 9.17) is 5.73 Å². The summed E-state index contributed by atoms with van der Waals surface area (Å²) in [6.45, 7) is 8.04. The number of nitrogens with zero attached hydrogens (tertiary/aromatic N) is 1. The predicted octanol–water partition coefficient (Wildman–Crippen LogP) is 3.29. The van der Waals surface area contributed by atoms with Crippen molar-refractivity contribution < 1.29 is 4.79 Å². The maximum Gasteiger partial charge on any atom is 0.232 e. The number of aryl methyl sites for hydroxylation is 1. The van der Waals surface area contributed by atoms with Crippen LogP contribution < -0.4 is 5.73 Å². The summed E-state index contributed by atoms with van der Waals surface area (Å²) in [5, 5.41) is 0. The topological polar surface area (TPSA) is 46.3 Å². The van der Waals surface area contributed by atoms with Crippen molar-refractivity contribution in [3.05, 3.63) is 35.4 Å². The third-order valence-corrected chi connectivity index (χ3v) is 5.81. The Kier molecular flexibility index (Phi) is 5.12. The Balaban J connectivity index is 0.00000192. The van der Waals surface area contributed by atoms with Crippen LogP contribution in [0.3, 0.4) is 0 Å². The number of amides is 1. The van der Waals surface area contributed by atoms with Crippen LogP contribution in [0.15, 0.2) is 24.3 Å². The van der Waals surface area contributed by atoms with Crippen molar-refractivity contribution in [2.24, 2.45) is 11.1 Å². The van der Waals surface area contributed by atoms with Crippen molar-refractivity contribution in [3.63, 3.8) is 0 Å². The van der Waals surface area contributed by atoms with Crippen LogP contribution >= 0.6 is 12.4 Å². The van der Waals surface area contributed by atoms with Gasteiger partial charge in [0, 0.05) is 19.1 Å². The molecule has 4 heteroatoms. The van der Waals surface area contributed by atoms with Crippen molar-refractivity contribution >= 4 is 18.3 Å². The minimum absolute atomic E-state index is 0. The average molecular weight is 337 g/mol. The van der Waals surface area contributed by atoms with Gasteiger partial charge in [-0.1, -0.05) is 38.1 Å². The van der Waals surface area contributed by atoms with E-state index < -0.39 is 0 Å². The van der Waals surface area contributed by atoms with E-state index in [2.05, 4.69) is 49.9 Å². The molecule has 1 aromatic rings. The van der Waals surface area contributed by atoms with E-state index in [0.717, 1.165) is 38.8 Å². The summed E-state index contributed by atoms with van der Waals surface area (Å²) < 4.78 is 0. The summed E-state index contributed by atoms with van der Waals surface area (Å²) in [6, 6.07) is 8.65. The fraction of sp³-hybridized carbons (Fsp3) is 0.632. The molecule has 3 nitrogen and oxygen atoms in total. The van der Waals surface area contributed by atoms with Crippen molar-refractivity contribution in [3.8, 4) is 0 Å². The van der Waals surface area contributed by atoms with E-state index >= 15 is 0 Å². The number of rotatable bonds is 1. The van der Waals surface area contributed by atoms with Gasteiger partial charge in [-0.15, -0.1) is 12.4 Å². The molecule has 1 aromatic carbocycles. The quantitative estimate of drug-likeness (QED) is 0.855. The van der Waals surface area contributed by atoms with Crippen molar-refractivity contribution in [2.45, 2.75) is 57.9 Å². The molecule has 1 heterocycles. The molecule has 0 aromatic heterocycles. The molecule has 0 radical (unpaired) electrons. The van der Waals surface area contributed by atoms with Crippen LogP contribution in [-0.2, 0) is 16.6 Å². The van der Waals surface area contributed by atoms with Gasteiger partial charge in [-0.2, -0.15) is 0 Å². The number of carbonyl (C=O) groups is 1. The molecular weight excluding hydrogens is 308 g/mol. The van der Waals surface area contributed by atoms with Crippen molar-refractivity contribution in [1.82, 2.24) is 4.90 Å². The smallest absolute Gasteiger partial charge is 0.232 e. The highest BCUT2D eigenvalue weighted by molar-refractivity contribution is 5.88. The first kappa shape index (κ1) is 18.3. The normalized spacial score (nSPS) is 29.4. The Labute approximate surface area is 146 Å².